The van der Waals surface area contributed by atoms with Crippen LogP contribution in [0.4, 0.5) is 10.1 Å². The Morgan fingerprint density at radius 1 is 1.25 bits per heavy atom. The van der Waals surface area contributed by atoms with E-state index in [-0.39, 0.29) is 11.5 Å². The van der Waals surface area contributed by atoms with E-state index in [0.717, 1.165) is 0 Å². The van der Waals surface area contributed by atoms with Crippen molar-refractivity contribution in [3.63, 3.8) is 0 Å². The summed E-state index contributed by atoms with van der Waals surface area (Å²) in [5, 5.41) is 3.10. The van der Waals surface area contributed by atoms with Crippen molar-refractivity contribution in [1.29, 1.82) is 0 Å². The molecule has 1 heterocycles. The summed E-state index contributed by atoms with van der Waals surface area (Å²) < 4.78 is 14.6. The fraction of sp³-hybridized carbons (Fsp3) is 0.167. The molecule has 1 N–H and O–H groups in total. The van der Waals surface area contributed by atoms with Crippen molar-refractivity contribution in [3.8, 4) is 0 Å². The molecular formula is C18H16FN3O2. The van der Waals surface area contributed by atoms with Crippen molar-refractivity contribution < 1.29 is 9.18 Å². The van der Waals surface area contributed by atoms with Gasteiger partial charge in [-0.25, -0.2) is 9.37 Å². The van der Waals surface area contributed by atoms with Gasteiger partial charge in [0.2, 0.25) is 5.91 Å². The maximum Gasteiger partial charge on any atom is 0.261 e. The van der Waals surface area contributed by atoms with E-state index >= 15 is 0 Å². The summed E-state index contributed by atoms with van der Waals surface area (Å²) in [4.78, 5) is 29.4. The number of rotatable bonds is 4. The number of carbonyl (C=O) groups excluding carboxylic acids is 1. The predicted octanol–water partition coefficient (Wildman–Crippen LogP) is 3.13. The van der Waals surface area contributed by atoms with Crippen LogP contribution in [0.25, 0.3) is 10.9 Å². The third kappa shape index (κ3) is 3.03. The van der Waals surface area contributed by atoms with Gasteiger partial charge in [-0.2, -0.15) is 0 Å². The fourth-order valence-corrected chi connectivity index (χ4v) is 2.61. The number of halogens is 1. The van der Waals surface area contributed by atoms with Crippen LogP contribution in [0.1, 0.15) is 19.4 Å². The first kappa shape index (κ1) is 15.9. The zero-order valence-corrected chi connectivity index (χ0v) is 13.1. The molecule has 0 bridgehead atoms. The zero-order chi connectivity index (χ0) is 17.1. The van der Waals surface area contributed by atoms with Crippen LogP contribution in [0.2, 0.25) is 0 Å². The topological polar surface area (TPSA) is 64.0 Å². The molecule has 6 heteroatoms. The van der Waals surface area contributed by atoms with Gasteiger partial charge in [0.15, 0.2) is 0 Å². The van der Waals surface area contributed by atoms with Crippen LogP contribution in [0, 0.1) is 5.82 Å². The second kappa shape index (κ2) is 6.62. The van der Waals surface area contributed by atoms with Gasteiger partial charge in [-0.15, -0.1) is 0 Å². The normalized spacial score (nSPS) is 12.1. The lowest BCUT2D eigenvalue weighted by molar-refractivity contribution is -0.119. The van der Waals surface area contributed by atoms with E-state index in [1.54, 1.807) is 37.3 Å². The Labute approximate surface area is 137 Å². The van der Waals surface area contributed by atoms with E-state index in [4.69, 9.17) is 0 Å². The molecule has 5 nitrogen and oxygen atoms in total. The highest BCUT2D eigenvalue weighted by Gasteiger charge is 2.21. The van der Waals surface area contributed by atoms with Crippen LogP contribution < -0.4 is 10.9 Å². The van der Waals surface area contributed by atoms with Crippen molar-refractivity contribution in [2.45, 2.75) is 19.4 Å². The summed E-state index contributed by atoms with van der Waals surface area (Å²) in [5.41, 5.74) is 0.654. The van der Waals surface area contributed by atoms with Gasteiger partial charge in [-0.05, 0) is 36.8 Å². The first-order valence-electron chi connectivity index (χ1n) is 7.62. The first-order chi connectivity index (χ1) is 11.6. The van der Waals surface area contributed by atoms with E-state index in [1.807, 2.05) is 0 Å². The number of aromatic nitrogens is 2. The molecule has 0 aliphatic rings. The maximum absolute atomic E-state index is 13.2. The summed E-state index contributed by atoms with van der Waals surface area (Å²) in [5.74, 6) is -0.826. The molecule has 24 heavy (non-hydrogen) atoms. The Hall–Kier alpha value is -3.02. The van der Waals surface area contributed by atoms with Gasteiger partial charge in [0.05, 0.1) is 17.2 Å². The highest BCUT2D eigenvalue weighted by atomic mass is 19.1. The summed E-state index contributed by atoms with van der Waals surface area (Å²) in [6.07, 6.45) is 1.78. The van der Waals surface area contributed by atoms with E-state index in [9.17, 15) is 14.0 Å². The minimum atomic E-state index is -0.724. The second-order valence-corrected chi connectivity index (χ2v) is 5.40. The molecule has 0 aliphatic heterocycles. The molecule has 1 amide bonds. The van der Waals surface area contributed by atoms with Gasteiger partial charge >= 0.3 is 0 Å². The molecule has 0 fully saturated rings. The highest BCUT2D eigenvalue weighted by Crippen LogP contribution is 2.16. The highest BCUT2D eigenvalue weighted by molar-refractivity contribution is 5.93. The number of hydrogen-bond donors (Lipinski definition) is 1. The fourth-order valence-electron chi connectivity index (χ4n) is 2.61. The molecule has 2 aromatic carbocycles. The van der Waals surface area contributed by atoms with Gasteiger partial charge in [0.25, 0.3) is 5.56 Å². The van der Waals surface area contributed by atoms with E-state index in [0.29, 0.717) is 23.0 Å². The Morgan fingerprint density at radius 2 is 2.04 bits per heavy atom. The number of anilines is 1. The maximum atomic E-state index is 13.2. The lowest BCUT2D eigenvalue weighted by Crippen LogP contribution is -2.33. The van der Waals surface area contributed by atoms with Crippen molar-refractivity contribution >= 4 is 22.5 Å². The third-order valence-electron chi connectivity index (χ3n) is 3.81. The number of carbonyl (C=O) groups is 1. The van der Waals surface area contributed by atoms with Gasteiger partial charge < -0.3 is 5.32 Å². The minimum Gasteiger partial charge on any atom is -0.324 e. The molecule has 0 unspecified atom stereocenters. The van der Waals surface area contributed by atoms with Crippen molar-refractivity contribution in [3.05, 3.63) is 71.0 Å². The number of fused-ring (bicyclic) bond motifs is 1. The Morgan fingerprint density at radius 3 is 2.79 bits per heavy atom. The van der Waals surface area contributed by atoms with Crippen LogP contribution in [0.3, 0.4) is 0 Å². The van der Waals surface area contributed by atoms with Crippen LogP contribution in [0.5, 0.6) is 0 Å². The SMILES string of the molecule is CC[C@@H](C(=O)Nc1cccc(F)c1)n1cnc2ccccc2c1=O. The van der Waals surface area contributed by atoms with Crippen LogP contribution in [0.15, 0.2) is 59.7 Å². The smallest absolute Gasteiger partial charge is 0.261 e. The number of nitrogens with zero attached hydrogens (tertiary/aromatic N) is 2. The monoisotopic (exact) mass is 325 g/mol. The van der Waals surface area contributed by atoms with E-state index in [2.05, 4.69) is 10.3 Å². The first-order valence-corrected chi connectivity index (χ1v) is 7.62. The summed E-state index contributed by atoms with van der Waals surface area (Å²) in [7, 11) is 0. The molecule has 0 radical (unpaired) electrons. The third-order valence-corrected chi connectivity index (χ3v) is 3.81. The molecular weight excluding hydrogens is 309 g/mol. The Bertz CT molecular complexity index is 952. The molecule has 1 aromatic heterocycles. The molecule has 3 rings (SSSR count). The zero-order valence-electron chi connectivity index (χ0n) is 13.1. The van der Waals surface area contributed by atoms with Gasteiger partial charge in [0.1, 0.15) is 11.9 Å². The lowest BCUT2D eigenvalue weighted by atomic mass is 10.1. The Balaban J connectivity index is 1.95. The van der Waals surface area contributed by atoms with Crippen molar-refractivity contribution in [2.24, 2.45) is 0 Å². The number of para-hydroxylation sites is 1. The standard InChI is InChI=1S/C18H16FN3O2/c1-2-16(17(23)21-13-7-5-6-12(19)10-13)22-11-20-15-9-4-3-8-14(15)18(22)24/h3-11,16H,2H2,1H3,(H,21,23)/t16-/m0/s1. The van der Waals surface area contributed by atoms with Gasteiger partial charge in [-0.3, -0.25) is 14.2 Å². The number of benzene rings is 2. The lowest BCUT2D eigenvalue weighted by Gasteiger charge is -2.18. The number of hydrogen-bond acceptors (Lipinski definition) is 3. The molecule has 3 aromatic rings. The van der Waals surface area contributed by atoms with Crippen molar-refractivity contribution in [2.75, 3.05) is 5.32 Å². The largest absolute Gasteiger partial charge is 0.324 e. The molecule has 0 saturated carbocycles. The minimum absolute atomic E-state index is 0.276. The van der Waals surface area contributed by atoms with E-state index < -0.39 is 11.9 Å². The van der Waals surface area contributed by atoms with Gasteiger partial charge in [0, 0.05) is 5.69 Å². The number of amides is 1. The molecule has 0 aliphatic carbocycles. The molecule has 122 valence electrons. The Kier molecular flexibility index (Phi) is 4.37. The van der Waals surface area contributed by atoms with Gasteiger partial charge in [-0.1, -0.05) is 25.1 Å². The predicted molar refractivity (Wildman–Crippen MR) is 90.4 cm³/mol. The van der Waals surface area contributed by atoms with E-state index in [1.165, 1.54) is 29.1 Å². The van der Waals surface area contributed by atoms with Crippen LogP contribution >= 0.6 is 0 Å². The summed E-state index contributed by atoms with van der Waals surface area (Å²) in [6, 6.07) is 11.9. The average Bonchev–Trinajstić information content (AvgIpc) is 2.58. The van der Waals surface area contributed by atoms with Crippen LogP contribution in [-0.2, 0) is 4.79 Å². The number of nitrogens with one attached hydrogen (secondary N) is 1. The summed E-state index contributed by atoms with van der Waals surface area (Å²) >= 11 is 0. The quantitative estimate of drug-likeness (QED) is 0.801. The molecule has 0 spiro atoms. The summed E-state index contributed by atoms with van der Waals surface area (Å²) in [6.45, 7) is 1.80. The van der Waals surface area contributed by atoms with Crippen LogP contribution in [-0.4, -0.2) is 15.5 Å². The molecule has 0 saturated heterocycles. The second-order valence-electron chi connectivity index (χ2n) is 5.40. The average molecular weight is 325 g/mol. The van der Waals surface area contributed by atoms with Crippen molar-refractivity contribution in [1.82, 2.24) is 9.55 Å². The molecule has 1 atom stereocenters.